The molecule has 1 aliphatic rings. The maximum Gasteiger partial charge on any atom is 0.240 e. The molecular formula is C20H23N5O2S. The van der Waals surface area contributed by atoms with Gasteiger partial charge in [-0.25, -0.2) is 18.1 Å². The molecule has 2 aromatic heterocycles. The van der Waals surface area contributed by atoms with Gasteiger partial charge in [0.1, 0.15) is 5.49 Å². The lowest BCUT2D eigenvalue weighted by Crippen LogP contribution is -2.33. The number of hydrogen-bond donors (Lipinski definition) is 3. The van der Waals surface area contributed by atoms with Crippen LogP contribution in [0.3, 0.4) is 0 Å². The molecular weight excluding hydrogens is 374 g/mol. The third kappa shape index (κ3) is 3.41. The lowest BCUT2D eigenvalue weighted by Gasteiger charge is -2.18. The topological polar surface area (TPSA) is 104 Å². The first kappa shape index (κ1) is 18.6. The molecule has 8 heteroatoms. The number of benzene rings is 1. The minimum absolute atomic E-state index is 0.0970. The highest BCUT2D eigenvalue weighted by Gasteiger charge is 2.31. The summed E-state index contributed by atoms with van der Waals surface area (Å²) in [4.78, 5) is 7.56. The van der Waals surface area contributed by atoms with Gasteiger partial charge < -0.3 is 4.98 Å². The zero-order chi connectivity index (χ0) is 19.9. The number of hydrogen-bond acceptors (Lipinski definition) is 4. The predicted octanol–water partition coefficient (Wildman–Crippen LogP) is 2.77. The molecule has 146 valence electrons. The van der Waals surface area contributed by atoms with Gasteiger partial charge in [-0.05, 0) is 49.9 Å². The highest BCUT2D eigenvalue weighted by molar-refractivity contribution is 7.89. The Hall–Kier alpha value is -2.71. The Labute approximate surface area is 163 Å². The molecule has 3 aromatic rings. The van der Waals surface area contributed by atoms with Gasteiger partial charge in [-0.3, -0.25) is 9.98 Å². The minimum atomic E-state index is -3.55. The number of nitrogens with zero attached hydrogens (tertiary/aromatic N) is 2. The van der Waals surface area contributed by atoms with E-state index in [2.05, 4.69) is 21.3 Å². The van der Waals surface area contributed by atoms with Crippen LogP contribution in [-0.2, 0) is 10.0 Å². The molecule has 0 radical (unpaired) electrons. The zero-order valence-electron chi connectivity index (χ0n) is 15.6. The van der Waals surface area contributed by atoms with Crippen LogP contribution in [-0.4, -0.2) is 29.0 Å². The number of aromatic amines is 1. The molecule has 1 aromatic carbocycles. The third-order valence-corrected chi connectivity index (χ3v) is 6.83. The summed E-state index contributed by atoms with van der Waals surface area (Å²) in [5, 5.41) is 8.23. The maximum absolute atomic E-state index is 12.7. The van der Waals surface area contributed by atoms with E-state index in [1.54, 1.807) is 29.0 Å². The highest BCUT2D eigenvalue weighted by atomic mass is 32.2. The monoisotopic (exact) mass is 397 g/mol. The van der Waals surface area contributed by atoms with Crippen LogP contribution in [0.25, 0.3) is 16.9 Å². The van der Waals surface area contributed by atoms with Gasteiger partial charge in [0.15, 0.2) is 5.65 Å². The Morgan fingerprint density at radius 1 is 1.36 bits per heavy atom. The van der Waals surface area contributed by atoms with E-state index >= 15 is 0 Å². The molecule has 0 unspecified atom stereocenters. The maximum atomic E-state index is 12.7. The number of H-pyrrole nitrogens is 1. The van der Waals surface area contributed by atoms with Crippen molar-refractivity contribution in [3.8, 4) is 0 Å². The van der Waals surface area contributed by atoms with Crippen molar-refractivity contribution in [2.24, 2.45) is 5.92 Å². The molecule has 0 bridgehead atoms. The van der Waals surface area contributed by atoms with Crippen molar-refractivity contribution in [3.63, 3.8) is 0 Å². The molecule has 4 rings (SSSR count). The van der Waals surface area contributed by atoms with Gasteiger partial charge in [0.2, 0.25) is 10.0 Å². The molecule has 1 saturated carbocycles. The van der Waals surface area contributed by atoms with E-state index in [0.717, 1.165) is 29.6 Å². The number of nitrogens with one attached hydrogen (secondary N) is 3. The Kier molecular flexibility index (Phi) is 4.68. The van der Waals surface area contributed by atoms with Crippen molar-refractivity contribution in [2.75, 3.05) is 0 Å². The summed E-state index contributed by atoms with van der Waals surface area (Å²) in [5.74, 6) is 0.0970. The van der Waals surface area contributed by atoms with Crippen LogP contribution in [0.1, 0.15) is 24.8 Å². The van der Waals surface area contributed by atoms with Gasteiger partial charge in [-0.15, -0.1) is 0 Å². The number of allylic oxidation sites excluding steroid dienone is 1. The second-order valence-corrected chi connectivity index (χ2v) is 9.04. The highest BCUT2D eigenvalue weighted by Crippen LogP contribution is 2.34. The molecule has 1 aliphatic carbocycles. The summed E-state index contributed by atoms with van der Waals surface area (Å²) in [7, 11) is -3.55. The summed E-state index contributed by atoms with van der Waals surface area (Å²) in [6, 6.07) is 8.64. The fourth-order valence-corrected chi connectivity index (χ4v) is 5.29. The zero-order valence-corrected chi connectivity index (χ0v) is 16.5. The predicted molar refractivity (Wildman–Crippen MR) is 108 cm³/mol. The second-order valence-electron chi connectivity index (χ2n) is 7.33. The van der Waals surface area contributed by atoms with Gasteiger partial charge in [0, 0.05) is 23.9 Å². The van der Waals surface area contributed by atoms with Crippen LogP contribution in [0, 0.1) is 18.3 Å². The van der Waals surface area contributed by atoms with E-state index in [1.807, 2.05) is 19.1 Å². The standard InChI is InChI=1S/C20H23N5O2S/c1-13-4-3-5-17(10-13)28(26,27)24-16-7-6-15(11-16)14(2)25-18-8-9-22-20(18)23-12-19(25)21/h3-5,8-10,12,15-16,21-22,24H,2,6-7,11H2,1H3/t15-,16+/m1/s1. The lowest BCUT2D eigenvalue weighted by molar-refractivity contribution is 0.546. The van der Waals surface area contributed by atoms with E-state index in [9.17, 15) is 8.42 Å². The van der Waals surface area contributed by atoms with Gasteiger partial charge in [0.25, 0.3) is 0 Å². The second kappa shape index (κ2) is 7.03. The molecule has 0 spiro atoms. The number of sulfonamides is 1. The SMILES string of the molecule is C=C([C@@H]1CC[C@H](NS(=O)(=O)c2cccc(C)c2)C1)n1c(=N)cnc2[nH]ccc21. The van der Waals surface area contributed by atoms with Crippen molar-refractivity contribution in [3.05, 3.63) is 60.4 Å². The molecule has 0 amide bonds. The first-order valence-corrected chi connectivity index (χ1v) is 10.7. The van der Waals surface area contributed by atoms with Crippen molar-refractivity contribution in [2.45, 2.75) is 37.1 Å². The quantitative estimate of drug-likeness (QED) is 0.617. The fraction of sp³-hybridized carbons (Fsp3) is 0.300. The van der Waals surface area contributed by atoms with Crippen LogP contribution < -0.4 is 10.2 Å². The largest absolute Gasteiger partial charge is 0.345 e. The van der Waals surface area contributed by atoms with E-state index in [1.165, 1.54) is 6.20 Å². The van der Waals surface area contributed by atoms with E-state index in [-0.39, 0.29) is 17.4 Å². The van der Waals surface area contributed by atoms with Crippen LogP contribution in [0.4, 0.5) is 0 Å². The average Bonchev–Trinajstić information content (AvgIpc) is 3.30. The van der Waals surface area contributed by atoms with Crippen molar-refractivity contribution in [1.82, 2.24) is 19.3 Å². The Morgan fingerprint density at radius 2 is 2.18 bits per heavy atom. The molecule has 0 aliphatic heterocycles. The number of fused-ring (bicyclic) bond motifs is 1. The van der Waals surface area contributed by atoms with Gasteiger partial charge >= 0.3 is 0 Å². The lowest BCUT2D eigenvalue weighted by atomic mass is 10.0. The van der Waals surface area contributed by atoms with E-state index < -0.39 is 10.0 Å². The summed E-state index contributed by atoms with van der Waals surface area (Å²) in [5.41, 5.74) is 3.48. The molecule has 0 saturated heterocycles. The van der Waals surface area contributed by atoms with Crippen LogP contribution in [0.15, 0.2) is 54.2 Å². The average molecular weight is 398 g/mol. The molecule has 2 heterocycles. The summed E-state index contributed by atoms with van der Waals surface area (Å²) < 4.78 is 30.0. The van der Waals surface area contributed by atoms with Gasteiger partial charge in [-0.2, -0.15) is 0 Å². The molecule has 28 heavy (non-hydrogen) atoms. The van der Waals surface area contributed by atoms with Crippen LogP contribution in [0.5, 0.6) is 0 Å². The van der Waals surface area contributed by atoms with Crippen LogP contribution in [0.2, 0.25) is 0 Å². The minimum Gasteiger partial charge on any atom is -0.345 e. The smallest absolute Gasteiger partial charge is 0.240 e. The first-order valence-electron chi connectivity index (χ1n) is 9.23. The van der Waals surface area contributed by atoms with Gasteiger partial charge in [-0.1, -0.05) is 18.7 Å². The summed E-state index contributed by atoms with van der Waals surface area (Å²) in [6.45, 7) is 6.10. The summed E-state index contributed by atoms with van der Waals surface area (Å²) >= 11 is 0. The Morgan fingerprint density at radius 3 is 2.96 bits per heavy atom. The first-order chi connectivity index (χ1) is 13.3. The fourth-order valence-electron chi connectivity index (χ4n) is 3.90. The molecule has 2 atom stereocenters. The number of aromatic nitrogens is 3. The van der Waals surface area contributed by atoms with Crippen molar-refractivity contribution in [1.29, 1.82) is 5.41 Å². The Bertz CT molecular complexity index is 1210. The molecule has 1 fully saturated rings. The van der Waals surface area contributed by atoms with E-state index in [0.29, 0.717) is 17.0 Å². The third-order valence-electron chi connectivity index (χ3n) is 5.31. The van der Waals surface area contributed by atoms with Crippen LogP contribution >= 0.6 is 0 Å². The molecule has 3 N–H and O–H groups in total. The normalized spacial score (nSPS) is 19.9. The van der Waals surface area contributed by atoms with Crippen molar-refractivity contribution < 1.29 is 8.42 Å². The van der Waals surface area contributed by atoms with Gasteiger partial charge in [0.05, 0.1) is 16.6 Å². The Balaban J connectivity index is 1.53. The summed E-state index contributed by atoms with van der Waals surface area (Å²) in [6.07, 6.45) is 5.50. The molecule has 7 nitrogen and oxygen atoms in total. The van der Waals surface area contributed by atoms with Crippen molar-refractivity contribution >= 4 is 26.9 Å². The van der Waals surface area contributed by atoms with E-state index in [4.69, 9.17) is 5.41 Å². The number of aryl methyl sites for hydroxylation is 1. The number of rotatable bonds is 5.